The van der Waals surface area contributed by atoms with E-state index in [1.807, 2.05) is 0 Å². The zero-order chi connectivity index (χ0) is 31.2. The number of aromatic nitrogens is 1. The molecule has 14 heteroatoms. The summed E-state index contributed by atoms with van der Waals surface area (Å²) in [6.07, 6.45) is -15.4. The van der Waals surface area contributed by atoms with E-state index in [1.165, 1.54) is 6.07 Å². The predicted molar refractivity (Wildman–Crippen MR) is 127 cm³/mol. The first-order valence-corrected chi connectivity index (χ1v) is 11.5. The van der Waals surface area contributed by atoms with E-state index in [2.05, 4.69) is 0 Å². The Bertz CT molecular complexity index is 1730. The molecule has 0 amide bonds. The average Bonchev–Trinajstić information content (AvgIpc) is 2.89. The lowest BCUT2D eigenvalue weighted by atomic mass is 9.97. The summed E-state index contributed by atoms with van der Waals surface area (Å²) in [5, 5.41) is 9.28. The zero-order valence-corrected chi connectivity index (χ0v) is 20.5. The van der Waals surface area contributed by atoms with E-state index in [0.717, 1.165) is 36.4 Å². The fourth-order valence-corrected chi connectivity index (χ4v) is 4.15. The number of alkyl halides is 9. The quantitative estimate of drug-likeness (QED) is 0.220. The third-order valence-electron chi connectivity index (χ3n) is 6.16. The highest BCUT2D eigenvalue weighted by molar-refractivity contribution is 5.71. The molecule has 0 radical (unpaired) electrons. The number of nitrogens with zero attached hydrogens (tertiary/aromatic N) is 2. The van der Waals surface area contributed by atoms with Crippen LogP contribution in [0.1, 0.15) is 27.8 Å². The van der Waals surface area contributed by atoms with Gasteiger partial charge >= 0.3 is 18.5 Å². The number of hydrogen-bond donors (Lipinski definition) is 0. The van der Waals surface area contributed by atoms with Crippen LogP contribution in [0.25, 0.3) is 22.4 Å². The third-order valence-corrected chi connectivity index (χ3v) is 6.16. The molecule has 3 aromatic carbocycles. The van der Waals surface area contributed by atoms with Gasteiger partial charge in [0.1, 0.15) is 23.3 Å². The number of pyridine rings is 1. The first kappa shape index (κ1) is 30.3. The standard InChI is InChI=1S/C28H13F11N2O/c29-20-6-5-16(23(30)10-20)13-41-24(11-22(28(37,38)39)21(12-40)25(41)42)15-3-1-14(2-4-15)17-7-18(26(31,32)33)9-19(8-17)27(34,35)36/h1-11H,13H2. The van der Waals surface area contributed by atoms with Crippen molar-refractivity contribution < 1.29 is 48.3 Å². The first-order valence-electron chi connectivity index (χ1n) is 11.5. The van der Waals surface area contributed by atoms with Crippen LogP contribution < -0.4 is 5.56 Å². The van der Waals surface area contributed by atoms with Crippen molar-refractivity contribution in [2.45, 2.75) is 25.1 Å². The highest BCUT2D eigenvalue weighted by Gasteiger charge is 2.38. The molecular weight excluding hydrogens is 589 g/mol. The lowest BCUT2D eigenvalue weighted by Crippen LogP contribution is -2.29. The summed E-state index contributed by atoms with van der Waals surface area (Å²) in [6.45, 7) is -0.753. The molecule has 4 rings (SSSR count). The van der Waals surface area contributed by atoms with E-state index >= 15 is 0 Å². The Kier molecular flexibility index (Phi) is 7.66. The molecule has 0 aliphatic carbocycles. The van der Waals surface area contributed by atoms with Crippen molar-refractivity contribution in [3.63, 3.8) is 0 Å². The molecular formula is C28H13F11N2O. The summed E-state index contributed by atoms with van der Waals surface area (Å²) < 4.78 is 149. The van der Waals surface area contributed by atoms with Crippen LogP contribution in [-0.4, -0.2) is 4.57 Å². The smallest absolute Gasteiger partial charge is 0.303 e. The van der Waals surface area contributed by atoms with E-state index in [4.69, 9.17) is 0 Å². The Hall–Kier alpha value is -4.67. The number of rotatable bonds is 4. The minimum absolute atomic E-state index is 0.0689. The summed E-state index contributed by atoms with van der Waals surface area (Å²) in [4.78, 5) is 13.0. The van der Waals surface area contributed by atoms with E-state index in [0.29, 0.717) is 28.8 Å². The molecule has 0 saturated heterocycles. The number of hydrogen-bond acceptors (Lipinski definition) is 2. The van der Waals surface area contributed by atoms with Gasteiger partial charge in [0.05, 0.1) is 28.9 Å². The molecule has 0 bridgehead atoms. The van der Waals surface area contributed by atoms with Crippen molar-refractivity contribution in [2.75, 3.05) is 0 Å². The second-order valence-corrected chi connectivity index (χ2v) is 8.93. The van der Waals surface area contributed by atoms with Gasteiger partial charge in [0.15, 0.2) is 0 Å². The number of nitriles is 1. The van der Waals surface area contributed by atoms with Crippen LogP contribution >= 0.6 is 0 Å². The molecule has 3 nitrogen and oxygen atoms in total. The molecule has 42 heavy (non-hydrogen) atoms. The Morgan fingerprint density at radius 1 is 0.667 bits per heavy atom. The van der Waals surface area contributed by atoms with Gasteiger partial charge in [0, 0.05) is 11.6 Å². The highest BCUT2D eigenvalue weighted by atomic mass is 19.4. The van der Waals surface area contributed by atoms with Gasteiger partial charge in [-0.25, -0.2) is 8.78 Å². The first-order chi connectivity index (χ1) is 19.4. The molecule has 0 N–H and O–H groups in total. The van der Waals surface area contributed by atoms with Crippen LogP contribution in [0.4, 0.5) is 48.3 Å². The van der Waals surface area contributed by atoms with Gasteiger partial charge in [0.2, 0.25) is 0 Å². The molecule has 0 saturated carbocycles. The van der Waals surface area contributed by atoms with Crippen molar-refractivity contribution in [2.24, 2.45) is 0 Å². The Labute approximate surface area is 228 Å². The van der Waals surface area contributed by atoms with Crippen molar-refractivity contribution in [1.29, 1.82) is 5.26 Å². The van der Waals surface area contributed by atoms with Gasteiger partial charge in [-0.15, -0.1) is 0 Å². The van der Waals surface area contributed by atoms with Crippen LogP contribution in [0.15, 0.2) is 71.5 Å². The lowest BCUT2D eigenvalue weighted by Gasteiger charge is -2.18. The highest BCUT2D eigenvalue weighted by Crippen LogP contribution is 2.39. The minimum atomic E-state index is -5.19. The molecule has 1 aromatic heterocycles. The molecule has 0 unspecified atom stereocenters. The molecule has 0 atom stereocenters. The van der Waals surface area contributed by atoms with E-state index in [9.17, 15) is 58.4 Å². The monoisotopic (exact) mass is 602 g/mol. The molecule has 0 aliphatic heterocycles. The topological polar surface area (TPSA) is 45.8 Å². The van der Waals surface area contributed by atoms with Gasteiger partial charge in [0.25, 0.3) is 5.56 Å². The summed E-state index contributed by atoms with van der Waals surface area (Å²) in [6, 6.07) is 8.78. The van der Waals surface area contributed by atoms with Gasteiger partial charge in [-0.1, -0.05) is 30.3 Å². The molecule has 4 aromatic rings. The van der Waals surface area contributed by atoms with Gasteiger partial charge < -0.3 is 4.57 Å². The maximum absolute atomic E-state index is 14.4. The SMILES string of the molecule is N#Cc1c(C(F)(F)F)cc(-c2ccc(-c3cc(C(F)(F)F)cc(C(F)(F)F)c3)cc2)n(Cc2ccc(F)cc2F)c1=O. The maximum atomic E-state index is 14.4. The molecule has 1 heterocycles. The van der Waals surface area contributed by atoms with Crippen LogP contribution in [-0.2, 0) is 25.1 Å². The second-order valence-electron chi connectivity index (χ2n) is 8.93. The summed E-state index contributed by atoms with van der Waals surface area (Å²) in [5.74, 6) is -2.13. The fourth-order valence-electron chi connectivity index (χ4n) is 4.15. The van der Waals surface area contributed by atoms with Gasteiger partial charge in [-0.05, 0) is 47.0 Å². The lowest BCUT2D eigenvalue weighted by molar-refractivity contribution is -0.143. The minimum Gasteiger partial charge on any atom is -0.303 e. The Balaban J connectivity index is 1.91. The Morgan fingerprint density at radius 2 is 1.21 bits per heavy atom. The average molecular weight is 602 g/mol. The summed E-state index contributed by atoms with van der Waals surface area (Å²) >= 11 is 0. The zero-order valence-electron chi connectivity index (χ0n) is 20.5. The van der Waals surface area contributed by atoms with E-state index in [1.54, 1.807) is 0 Å². The maximum Gasteiger partial charge on any atom is 0.417 e. The van der Waals surface area contributed by atoms with Gasteiger partial charge in [-0.2, -0.15) is 44.8 Å². The van der Waals surface area contributed by atoms with Crippen molar-refractivity contribution in [1.82, 2.24) is 4.57 Å². The van der Waals surface area contributed by atoms with E-state index < -0.39 is 75.8 Å². The van der Waals surface area contributed by atoms with Crippen LogP contribution in [0.3, 0.4) is 0 Å². The molecule has 0 aliphatic rings. The van der Waals surface area contributed by atoms with Crippen molar-refractivity contribution >= 4 is 0 Å². The number of halogens is 11. The van der Waals surface area contributed by atoms with Crippen molar-refractivity contribution in [3.05, 3.63) is 117 Å². The van der Waals surface area contributed by atoms with Crippen LogP contribution in [0.5, 0.6) is 0 Å². The summed E-state index contributed by atoms with van der Waals surface area (Å²) in [5.41, 5.74) is -9.30. The van der Waals surface area contributed by atoms with Crippen LogP contribution in [0.2, 0.25) is 0 Å². The third kappa shape index (κ3) is 6.14. The normalized spacial score (nSPS) is 12.3. The number of benzene rings is 3. The summed E-state index contributed by atoms with van der Waals surface area (Å²) in [7, 11) is 0. The molecule has 218 valence electrons. The van der Waals surface area contributed by atoms with Gasteiger partial charge in [-0.3, -0.25) is 4.79 Å². The largest absolute Gasteiger partial charge is 0.417 e. The Morgan fingerprint density at radius 3 is 1.69 bits per heavy atom. The second kappa shape index (κ2) is 10.6. The van der Waals surface area contributed by atoms with Crippen molar-refractivity contribution in [3.8, 4) is 28.5 Å². The molecule has 0 fully saturated rings. The molecule has 0 spiro atoms. The van der Waals surface area contributed by atoms with Crippen LogP contribution in [0, 0.1) is 23.0 Å². The van der Waals surface area contributed by atoms with E-state index in [-0.39, 0.29) is 22.8 Å². The predicted octanol–water partition coefficient (Wildman–Crippen LogP) is 8.44. The fraction of sp³-hybridized carbons (Fsp3) is 0.143.